The van der Waals surface area contributed by atoms with Crippen molar-refractivity contribution in [2.24, 2.45) is 5.92 Å². The molecule has 0 aliphatic heterocycles. The summed E-state index contributed by atoms with van der Waals surface area (Å²) in [4.78, 5) is 0. The molecule has 0 aromatic rings. The maximum atomic E-state index is 5.66. The Labute approximate surface area is 79.4 Å². The fraction of sp³-hybridized carbons (Fsp3) is 0.400. The molecule has 1 nitrogen and oxygen atoms in total. The van der Waals surface area contributed by atoms with E-state index in [1.807, 2.05) is 0 Å². The molecule has 0 fully saturated rings. The largest absolute Gasteiger partial charge is 0.495 e. The zero-order valence-electron chi connectivity index (χ0n) is 7.86. The van der Waals surface area contributed by atoms with Gasteiger partial charge in [-0.15, -0.1) is 0 Å². The Morgan fingerprint density at radius 2 is 1.92 bits per heavy atom. The van der Waals surface area contributed by atoms with E-state index in [1.54, 1.807) is 13.2 Å². The quantitative estimate of drug-likeness (QED) is 0.483. The van der Waals surface area contributed by atoms with E-state index in [0.29, 0.717) is 16.7 Å². The first-order valence-corrected chi connectivity index (χ1v) is 4.16. The number of hydrogen-bond donors (Lipinski definition) is 0. The van der Waals surface area contributed by atoms with E-state index in [0.717, 1.165) is 5.57 Å². The van der Waals surface area contributed by atoms with Gasteiger partial charge in [0.05, 0.1) is 12.1 Å². The molecular weight excluding hydrogens is 172 g/mol. The molecule has 0 aromatic heterocycles. The van der Waals surface area contributed by atoms with Crippen LogP contribution in [0.15, 0.2) is 35.6 Å². The van der Waals surface area contributed by atoms with E-state index in [-0.39, 0.29) is 0 Å². The van der Waals surface area contributed by atoms with Crippen molar-refractivity contribution in [1.29, 1.82) is 0 Å². The Hall–Kier alpha value is -0.690. The molecule has 0 saturated heterocycles. The average Bonchev–Trinajstić information content (AvgIpc) is 1.98. The lowest BCUT2D eigenvalue weighted by Crippen LogP contribution is -1.92. The smallest absolute Gasteiger partial charge is 0.137 e. The summed E-state index contributed by atoms with van der Waals surface area (Å²) in [6.45, 7) is 11.6. The monoisotopic (exact) mass is 186 g/mol. The Morgan fingerprint density at radius 1 is 1.42 bits per heavy atom. The van der Waals surface area contributed by atoms with Crippen molar-refractivity contribution in [3.8, 4) is 0 Å². The van der Waals surface area contributed by atoms with Gasteiger partial charge in [-0.25, -0.2) is 0 Å². The third kappa shape index (κ3) is 3.63. The van der Waals surface area contributed by atoms with Gasteiger partial charge >= 0.3 is 0 Å². The van der Waals surface area contributed by atoms with Crippen LogP contribution in [0.4, 0.5) is 0 Å². The molecule has 0 unspecified atom stereocenters. The predicted octanol–water partition coefficient (Wildman–Crippen LogP) is 3.48. The van der Waals surface area contributed by atoms with Gasteiger partial charge in [-0.2, -0.15) is 0 Å². The molecule has 0 amide bonds. The summed E-state index contributed by atoms with van der Waals surface area (Å²) in [6.07, 6.45) is 1.81. The zero-order valence-corrected chi connectivity index (χ0v) is 8.61. The van der Waals surface area contributed by atoms with Crippen molar-refractivity contribution < 1.29 is 4.74 Å². The minimum Gasteiger partial charge on any atom is -0.495 e. The fourth-order valence-corrected chi connectivity index (χ4v) is 0.715. The highest BCUT2D eigenvalue weighted by Gasteiger charge is 2.02. The van der Waals surface area contributed by atoms with Crippen molar-refractivity contribution in [3.63, 3.8) is 0 Å². The summed E-state index contributed by atoms with van der Waals surface area (Å²) >= 11 is 5.66. The molecule has 0 aliphatic carbocycles. The zero-order chi connectivity index (χ0) is 9.72. The van der Waals surface area contributed by atoms with Crippen LogP contribution in [0.2, 0.25) is 0 Å². The van der Waals surface area contributed by atoms with Gasteiger partial charge < -0.3 is 4.74 Å². The minimum atomic E-state index is 0.395. The van der Waals surface area contributed by atoms with Crippen LogP contribution in [0.25, 0.3) is 0 Å². The van der Waals surface area contributed by atoms with E-state index in [1.165, 1.54) is 0 Å². The molecule has 0 aromatic carbocycles. The number of ether oxygens (including phenoxy) is 1. The molecule has 0 radical (unpaired) electrons. The van der Waals surface area contributed by atoms with Crippen molar-refractivity contribution in [2.45, 2.75) is 13.8 Å². The summed E-state index contributed by atoms with van der Waals surface area (Å²) < 4.78 is 5.00. The van der Waals surface area contributed by atoms with Gasteiger partial charge in [0, 0.05) is 0 Å². The molecule has 0 spiro atoms. The highest BCUT2D eigenvalue weighted by molar-refractivity contribution is 6.31. The van der Waals surface area contributed by atoms with Crippen LogP contribution >= 0.6 is 11.6 Å². The summed E-state index contributed by atoms with van der Waals surface area (Å²) in [5, 5.41) is 0.402. The Bertz CT molecular complexity index is 214. The maximum absolute atomic E-state index is 5.66. The SMILES string of the molecule is C=C(Cl)/C(=C\C(=C)C(C)C)OC. The average molecular weight is 187 g/mol. The molecule has 0 heterocycles. The minimum absolute atomic E-state index is 0.395. The van der Waals surface area contributed by atoms with Crippen LogP contribution in [-0.4, -0.2) is 7.11 Å². The molecule has 0 rings (SSSR count). The summed E-state index contributed by atoms with van der Waals surface area (Å²) in [6, 6.07) is 0. The lowest BCUT2D eigenvalue weighted by Gasteiger charge is -2.07. The van der Waals surface area contributed by atoms with Crippen LogP contribution in [-0.2, 0) is 4.74 Å². The molecule has 0 bridgehead atoms. The standard InChI is InChI=1S/C10H15ClO/c1-7(2)8(3)6-10(12-5)9(4)11/h6-7H,3-4H2,1-2,5H3/b10-6+. The fourth-order valence-electron chi connectivity index (χ4n) is 0.583. The molecular formula is C10H15ClO. The van der Waals surface area contributed by atoms with E-state index < -0.39 is 0 Å². The number of halogens is 1. The number of methoxy groups -OCH3 is 1. The van der Waals surface area contributed by atoms with Crippen LogP contribution in [0.1, 0.15) is 13.8 Å². The van der Waals surface area contributed by atoms with Gasteiger partial charge in [0.2, 0.25) is 0 Å². The highest BCUT2D eigenvalue weighted by atomic mass is 35.5. The Morgan fingerprint density at radius 3 is 2.17 bits per heavy atom. The number of allylic oxidation sites excluding steroid dienone is 3. The summed E-state index contributed by atoms with van der Waals surface area (Å²) in [5.74, 6) is 0.974. The topological polar surface area (TPSA) is 9.23 Å². The van der Waals surface area contributed by atoms with Crippen molar-refractivity contribution in [3.05, 3.63) is 35.6 Å². The van der Waals surface area contributed by atoms with Crippen LogP contribution in [0.5, 0.6) is 0 Å². The first-order chi connectivity index (χ1) is 5.49. The van der Waals surface area contributed by atoms with E-state index in [2.05, 4.69) is 27.0 Å². The summed E-state index contributed by atoms with van der Waals surface area (Å²) in [5.41, 5.74) is 0.980. The van der Waals surface area contributed by atoms with Gasteiger partial charge in [0.25, 0.3) is 0 Å². The van der Waals surface area contributed by atoms with Crippen LogP contribution in [0.3, 0.4) is 0 Å². The third-order valence-corrected chi connectivity index (χ3v) is 1.73. The Kier molecular flexibility index (Phi) is 4.75. The second kappa shape index (κ2) is 5.04. The predicted molar refractivity (Wildman–Crippen MR) is 54.1 cm³/mol. The second-order valence-corrected chi connectivity index (χ2v) is 3.30. The van der Waals surface area contributed by atoms with E-state index in [4.69, 9.17) is 16.3 Å². The molecule has 0 N–H and O–H groups in total. The van der Waals surface area contributed by atoms with E-state index >= 15 is 0 Å². The molecule has 68 valence electrons. The lowest BCUT2D eigenvalue weighted by molar-refractivity contribution is 0.304. The molecule has 0 aliphatic rings. The van der Waals surface area contributed by atoms with Crippen molar-refractivity contribution in [1.82, 2.24) is 0 Å². The first-order valence-electron chi connectivity index (χ1n) is 3.78. The Balaban J connectivity index is 4.49. The van der Waals surface area contributed by atoms with Gasteiger partial charge in [-0.05, 0) is 17.6 Å². The second-order valence-electron chi connectivity index (χ2n) is 2.85. The third-order valence-electron chi connectivity index (χ3n) is 1.55. The van der Waals surface area contributed by atoms with Crippen molar-refractivity contribution in [2.75, 3.05) is 7.11 Å². The van der Waals surface area contributed by atoms with Gasteiger partial charge in [-0.1, -0.05) is 38.6 Å². The molecule has 12 heavy (non-hydrogen) atoms. The van der Waals surface area contributed by atoms with E-state index in [9.17, 15) is 0 Å². The highest BCUT2D eigenvalue weighted by Crippen LogP contribution is 2.17. The van der Waals surface area contributed by atoms with Gasteiger partial charge in [-0.3, -0.25) is 0 Å². The number of rotatable bonds is 4. The first kappa shape index (κ1) is 11.3. The lowest BCUT2D eigenvalue weighted by atomic mass is 10.0. The number of hydrogen-bond acceptors (Lipinski definition) is 1. The molecule has 2 heteroatoms. The van der Waals surface area contributed by atoms with Crippen molar-refractivity contribution >= 4 is 11.6 Å². The van der Waals surface area contributed by atoms with Crippen LogP contribution < -0.4 is 0 Å². The normalized spacial score (nSPS) is 11.6. The molecule has 0 atom stereocenters. The van der Waals surface area contributed by atoms with Gasteiger partial charge in [0.15, 0.2) is 0 Å². The van der Waals surface area contributed by atoms with Crippen LogP contribution in [0, 0.1) is 5.92 Å². The van der Waals surface area contributed by atoms with Gasteiger partial charge in [0.1, 0.15) is 5.76 Å². The maximum Gasteiger partial charge on any atom is 0.137 e. The summed E-state index contributed by atoms with van der Waals surface area (Å²) in [7, 11) is 1.56. The molecule has 0 saturated carbocycles.